The number of anilines is 2. The molecule has 0 aliphatic carbocycles. The summed E-state index contributed by atoms with van der Waals surface area (Å²) in [6.45, 7) is 0. The van der Waals surface area contributed by atoms with Gasteiger partial charge in [0.15, 0.2) is 0 Å². The minimum atomic E-state index is -0.523. The SMILES string of the molecule is NC(=S)c1ccc(Nc2cc(F)ccc2Br)cc1F. The van der Waals surface area contributed by atoms with E-state index in [2.05, 4.69) is 21.2 Å². The molecule has 0 heterocycles. The predicted octanol–water partition coefficient (Wildman–Crippen LogP) is 4.11. The molecule has 6 heteroatoms. The molecule has 19 heavy (non-hydrogen) atoms. The van der Waals surface area contributed by atoms with Crippen molar-refractivity contribution in [2.75, 3.05) is 5.32 Å². The first-order chi connectivity index (χ1) is 8.97. The third kappa shape index (κ3) is 3.27. The van der Waals surface area contributed by atoms with Crippen molar-refractivity contribution < 1.29 is 8.78 Å². The number of thiocarbonyl (C=S) groups is 1. The van der Waals surface area contributed by atoms with Gasteiger partial charge in [-0.1, -0.05) is 12.2 Å². The zero-order valence-corrected chi connectivity index (χ0v) is 12.0. The minimum Gasteiger partial charge on any atom is -0.389 e. The van der Waals surface area contributed by atoms with Crippen molar-refractivity contribution in [2.45, 2.75) is 0 Å². The van der Waals surface area contributed by atoms with Gasteiger partial charge in [-0.05, 0) is 52.3 Å². The Balaban J connectivity index is 2.31. The molecule has 0 aromatic heterocycles. The van der Waals surface area contributed by atoms with Crippen LogP contribution in [0.1, 0.15) is 5.56 Å². The number of benzene rings is 2. The maximum absolute atomic E-state index is 13.7. The zero-order chi connectivity index (χ0) is 14.0. The highest BCUT2D eigenvalue weighted by atomic mass is 79.9. The van der Waals surface area contributed by atoms with Gasteiger partial charge in [0.1, 0.15) is 16.6 Å². The first-order valence-electron chi connectivity index (χ1n) is 5.29. The highest BCUT2D eigenvalue weighted by molar-refractivity contribution is 9.10. The number of hydrogen-bond donors (Lipinski definition) is 2. The fourth-order valence-corrected chi connectivity index (χ4v) is 2.05. The molecule has 98 valence electrons. The second-order valence-corrected chi connectivity index (χ2v) is 5.10. The molecule has 2 rings (SSSR count). The molecule has 0 bridgehead atoms. The van der Waals surface area contributed by atoms with E-state index in [0.717, 1.165) is 0 Å². The van der Waals surface area contributed by atoms with E-state index >= 15 is 0 Å². The molecule has 0 atom stereocenters. The first kappa shape index (κ1) is 13.9. The topological polar surface area (TPSA) is 38.0 Å². The third-order valence-electron chi connectivity index (χ3n) is 2.44. The number of hydrogen-bond acceptors (Lipinski definition) is 2. The van der Waals surface area contributed by atoms with Gasteiger partial charge in [-0.3, -0.25) is 0 Å². The van der Waals surface area contributed by atoms with Crippen LogP contribution < -0.4 is 11.1 Å². The van der Waals surface area contributed by atoms with Gasteiger partial charge in [-0.15, -0.1) is 0 Å². The van der Waals surface area contributed by atoms with Gasteiger partial charge in [0.2, 0.25) is 0 Å². The van der Waals surface area contributed by atoms with E-state index in [1.165, 1.54) is 24.3 Å². The van der Waals surface area contributed by atoms with Gasteiger partial charge in [0.25, 0.3) is 0 Å². The summed E-state index contributed by atoms with van der Waals surface area (Å²) < 4.78 is 27.5. The number of nitrogens with one attached hydrogen (secondary N) is 1. The summed E-state index contributed by atoms with van der Waals surface area (Å²) in [5.74, 6) is -0.907. The molecule has 0 amide bonds. The monoisotopic (exact) mass is 342 g/mol. The van der Waals surface area contributed by atoms with Gasteiger partial charge in [-0.25, -0.2) is 8.78 Å². The standard InChI is InChI=1S/C13H9BrF2N2S/c14-10-4-1-7(15)5-12(10)18-8-2-3-9(13(17)19)11(16)6-8/h1-6,18H,(H2,17,19). The van der Waals surface area contributed by atoms with Gasteiger partial charge in [-0.2, -0.15) is 0 Å². The smallest absolute Gasteiger partial charge is 0.135 e. The Labute approximate surface area is 122 Å². The van der Waals surface area contributed by atoms with Gasteiger partial charge in [0, 0.05) is 15.7 Å². The molecule has 2 aromatic rings. The quantitative estimate of drug-likeness (QED) is 0.824. The lowest BCUT2D eigenvalue weighted by molar-refractivity contribution is 0.626. The van der Waals surface area contributed by atoms with E-state index < -0.39 is 5.82 Å². The lowest BCUT2D eigenvalue weighted by atomic mass is 10.2. The average molecular weight is 343 g/mol. The van der Waals surface area contributed by atoms with Crippen LogP contribution in [0.5, 0.6) is 0 Å². The summed E-state index contributed by atoms with van der Waals surface area (Å²) in [7, 11) is 0. The second-order valence-electron chi connectivity index (χ2n) is 3.81. The van der Waals surface area contributed by atoms with E-state index in [-0.39, 0.29) is 16.4 Å². The molecule has 0 saturated carbocycles. The molecule has 0 saturated heterocycles. The highest BCUT2D eigenvalue weighted by Crippen LogP contribution is 2.27. The van der Waals surface area contributed by atoms with Crippen LogP contribution >= 0.6 is 28.1 Å². The summed E-state index contributed by atoms with van der Waals surface area (Å²) in [6, 6.07) is 8.56. The molecule has 0 unspecified atom stereocenters. The Morgan fingerprint density at radius 1 is 1.16 bits per heavy atom. The van der Waals surface area contributed by atoms with Crippen molar-refractivity contribution in [1.82, 2.24) is 0 Å². The van der Waals surface area contributed by atoms with Gasteiger partial charge in [0.05, 0.1) is 5.69 Å². The van der Waals surface area contributed by atoms with Crippen molar-refractivity contribution in [3.63, 3.8) is 0 Å². The lowest BCUT2D eigenvalue weighted by Gasteiger charge is -2.10. The van der Waals surface area contributed by atoms with Crippen molar-refractivity contribution in [3.05, 3.63) is 58.1 Å². The number of halogens is 3. The van der Waals surface area contributed by atoms with E-state index in [9.17, 15) is 8.78 Å². The maximum Gasteiger partial charge on any atom is 0.135 e. The average Bonchev–Trinajstić information content (AvgIpc) is 2.33. The maximum atomic E-state index is 13.7. The Morgan fingerprint density at radius 2 is 1.89 bits per heavy atom. The molecule has 0 aliphatic rings. The summed E-state index contributed by atoms with van der Waals surface area (Å²) in [6.07, 6.45) is 0. The zero-order valence-electron chi connectivity index (χ0n) is 9.58. The second kappa shape index (κ2) is 5.63. The molecular formula is C13H9BrF2N2S. The number of rotatable bonds is 3. The lowest BCUT2D eigenvalue weighted by Crippen LogP contribution is -2.11. The normalized spacial score (nSPS) is 10.3. The molecule has 0 fully saturated rings. The molecular weight excluding hydrogens is 334 g/mol. The molecule has 0 aliphatic heterocycles. The van der Waals surface area contributed by atoms with Crippen LogP contribution in [-0.2, 0) is 0 Å². The Bertz CT molecular complexity index is 647. The van der Waals surface area contributed by atoms with Crippen LogP contribution in [0.3, 0.4) is 0 Å². The summed E-state index contributed by atoms with van der Waals surface area (Å²) in [5.41, 5.74) is 6.53. The summed E-state index contributed by atoms with van der Waals surface area (Å²) in [5, 5.41) is 2.91. The molecule has 3 N–H and O–H groups in total. The minimum absolute atomic E-state index is 0.00372. The van der Waals surface area contributed by atoms with Crippen LogP contribution in [0.25, 0.3) is 0 Å². The van der Waals surface area contributed by atoms with Crippen LogP contribution in [0.15, 0.2) is 40.9 Å². The third-order valence-corrected chi connectivity index (χ3v) is 3.35. The molecule has 0 spiro atoms. The van der Waals surface area contributed by atoms with Crippen molar-refractivity contribution in [1.29, 1.82) is 0 Å². The number of nitrogens with two attached hydrogens (primary N) is 1. The highest BCUT2D eigenvalue weighted by Gasteiger charge is 2.07. The fourth-order valence-electron chi connectivity index (χ4n) is 1.54. The van der Waals surface area contributed by atoms with Crippen LogP contribution in [0.2, 0.25) is 0 Å². The van der Waals surface area contributed by atoms with Gasteiger partial charge < -0.3 is 11.1 Å². The van der Waals surface area contributed by atoms with Crippen LogP contribution in [-0.4, -0.2) is 4.99 Å². The largest absolute Gasteiger partial charge is 0.389 e. The fraction of sp³-hybridized carbons (Fsp3) is 0. The Hall–Kier alpha value is -1.53. The summed E-state index contributed by atoms with van der Waals surface area (Å²) >= 11 is 8.00. The van der Waals surface area contributed by atoms with Crippen molar-refractivity contribution in [3.8, 4) is 0 Å². The molecule has 0 radical (unpaired) electrons. The van der Waals surface area contributed by atoms with E-state index in [1.54, 1.807) is 12.1 Å². The van der Waals surface area contributed by atoms with E-state index in [0.29, 0.717) is 15.8 Å². The molecule has 2 nitrogen and oxygen atoms in total. The Kier molecular flexibility index (Phi) is 4.11. The predicted molar refractivity (Wildman–Crippen MR) is 79.7 cm³/mol. The van der Waals surface area contributed by atoms with Crippen LogP contribution in [0, 0.1) is 11.6 Å². The van der Waals surface area contributed by atoms with E-state index in [1.807, 2.05) is 0 Å². The van der Waals surface area contributed by atoms with Crippen molar-refractivity contribution >= 4 is 44.5 Å². The Morgan fingerprint density at radius 3 is 2.53 bits per heavy atom. The van der Waals surface area contributed by atoms with Crippen molar-refractivity contribution in [2.24, 2.45) is 5.73 Å². The molecule has 2 aromatic carbocycles. The van der Waals surface area contributed by atoms with Gasteiger partial charge >= 0.3 is 0 Å². The van der Waals surface area contributed by atoms with E-state index in [4.69, 9.17) is 18.0 Å². The first-order valence-corrected chi connectivity index (χ1v) is 6.49. The van der Waals surface area contributed by atoms with Crippen LogP contribution in [0.4, 0.5) is 20.2 Å². The summed E-state index contributed by atoms with van der Waals surface area (Å²) in [4.78, 5) is -0.00372.